The average molecular weight is 448 g/mol. The number of esters is 1. The summed E-state index contributed by atoms with van der Waals surface area (Å²) in [5, 5.41) is 3.41. The molecule has 0 bridgehead atoms. The smallest absolute Gasteiger partial charge is 0.336 e. The van der Waals surface area contributed by atoms with Crippen LogP contribution >= 0.6 is 11.8 Å². The first-order valence-electron chi connectivity index (χ1n) is 11.2. The summed E-state index contributed by atoms with van der Waals surface area (Å²) in [6, 6.07) is 20.0. The first-order valence-corrected chi connectivity index (χ1v) is 12.3. The van der Waals surface area contributed by atoms with Crippen LogP contribution in [-0.2, 0) is 14.3 Å². The Morgan fingerprint density at radius 2 is 1.69 bits per heavy atom. The minimum atomic E-state index is -0.400. The van der Waals surface area contributed by atoms with Crippen molar-refractivity contribution in [1.82, 2.24) is 5.32 Å². The van der Waals surface area contributed by atoms with Gasteiger partial charge in [-0.25, -0.2) is 4.79 Å². The number of nitrogens with one attached hydrogen (secondary N) is 1. The zero-order chi connectivity index (χ0) is 22.5. The van der Waals surface area contributed by atoms with E-state index in [0.717, 1.165) is 34.9 Å². The number of thioether (sulfide) groups is 1. The number of carbonyl (C=O) groups excluding carboxylic acids is 2. The molecule has 1 N–H and O–H groups in total. The Morgan fingerprint density at radius 1 is 1.03 bits per heavy atom. The van der Waals surface area contributed by atoms with E-state index in [2.05, 4.69) is 24.4 Å². The second kappa shape index (κ2) is 10.2. The number of carbonyl (C=O) groups is 2. The van der Waals surface area contributed by atoms with Crippen molar-refractivity contribution in [1.29, 1.82) is 0 Å². The van der Waals surface area contributed by atoms with Gasteiger partial charge in [-0.3, -0.25) is 4.79 Å². The Kier molecular flexibility index (Phi) is 7.15. The van der Waals surface area contributed by atoms with Gasteiger partial charge in [0, 0.05) is 35.1 Å². The molecular weight excluding hydrogens is 418 g/mol. The molecule has 2 aromatic carbocycles. The Labute approximate surface area is 194 Å². The van der Waals surface area contributed by atoms with Crippen molar-refractivity contribution in [3.8, 4) is 0 Å². The highest BCUT2D eigenvalue weighted by Gasteiger charge is 2.41. The fourth-order valence-electron chi connectivity index (χ4n) is 4.66. The molecule has 166 valence electrons. The molecule has 0 fully saturated rings. The molecule has 0 spiro atoms. The third-order valence-corrected chi connectivity index (χ3v) is 6.98. The lowest BCUT2D eigenvalue weighted by atomic mass is 9.72. The van der Waals surface area contributed by atoms with Gasteiger partial charge in [-0.1, -0.05) is 67.6 Å². The largest absolute Gasteiger partial charge is 0.461 e. The van der Waals surface area contributed by atoms with Crippen molar-refractivity contribution in [3.63, 3.8) is 0 Å². The van der Waals surface area contributed by atoms with Crippen LogP contribution in [0.1, 0.15) is 49.7 Å². The molecule has 2 aromatic rings. The van der Waals surface area contributed by atoms with Gasteiger partial charge in [0.1, 0.15) is 6.61 Å². The number of hydrogen-bond donors (Lipinski definition) is 1. The lowest BCUT2D eigenvalue weighted by Gasteiger charge is -2.36. The molecule has 0 unspecified atom stereocenters. The summed E-state index contributed by atoms with van der Waals surface area (Å²) >= 11 is 1.74. The number of Topliss-reactive ketones (excluding diaryl/α,β-unsaturated/α-hetero) is 1. The van der Waals surface area contributed by atoms with Crippen molar-refractivity contribution < 1.29 is 14.3 Å². The van der Waals surface area contributed by atoms with E-state index in [1.807, 2.05) is 55.5 Å². The SMILES string of the molecule is CCSCCOC(=O)C1=C(C)NC2=C(C(=O)C[C@H](c3ccccc3)C2)[C@H]1c1ccccc1. The van der Waals surface area contributed by atoms with E-state index < -0.39 is 5.92 Å². The van der Waals surface area contributed by atoms with Gasteiger partial charge >= 0.3 is 5.97 Å². The van der Waals surface area contributed by atoms with Gasteiger partial charge in [-0.2, -0.15) is 11.8 Å². The summed E-state index contributed by atoms with van der Waals surface area (Å²) in [5.41, 5.74) is 5.08. The normalized spacial score (nSPS) is 20.6. The summed E-state index contributed by atoms with van der Waals surface area (Å²) in [5.74, 6) is 1.25. The van der Waals surface area contributed by atoms with E-state index >= 15 is 0 Å². The molecule has 4 rings (SSSR count). The van der Waals surface area contributed by atoms with Gasteiger partial charge in [0.15, 0.2) is 5.78 Å². The van der Waals surface area contributed by atoms with Crippen molar-refractivity contribution in [2.45, 2.75) is 38.5 Å². The zero-order valence-corrected chi connectivity index (χ0v) is 19.4. The Morgan fingerprint density at radius 3 is 2.34 bits per heavy atom. The van der Waals surface area contributed by atoms with E-state index in [-0.39, 0.29) is 17.7 Å². The maximum atomic E-state index is 13.5. The zero-order valence-electron chi connectivity index (χ0n) is 18.6. The van der Waals surface area contributed by atoms with Gasteiger partial charge in [0.05, 0.1) is 5.57 Å². The summed E-state index contributed by atoms with van der Waals surface area (Å²) in [4.78, 5) is 26.7. The van der Waals surface area contributed by atoms with Crippen LogP contribution < -0.4 is 5.32 Å². The maximum absolute atomic E-state index is 13.5. The minimum Gasteiger partial charge on any atom is -0.461 e. The van der Waals surface area contributed by atoms with Crippen LogP contribution in [0.2, 0.25) is 0 Å². The molecule has 2 atom stereocenters. The number of rotatable bonds is 7. The molecular formula is C27H29NO3S. The van der Waals surface area contributed by atoms with Crippen LogP contribution in [0.3, 0.4) is 0 Å². The number of hydrogen-bond acceptors (Lipinski definition) is 5. The van der Waals surface area contributed by atoms with Crippen LogP contribution in [0.25, 0.3) is 0 Å². The van der Waals surface area contributed by atoms with Crippen molar-refractivity contribution in [3.05, 3.63) is 94.3 Å². The van der Waals surface area contributed by atoms with Crippen LogP contribution in [0.4, 0.5) is 0 Å². The summed E-state index contributed by atoms with van der Waals surface area (Å²) in [6.45, 7) is 4.36. The number of ether oxygens (including phenoxy) is 1. The molecule has 32 heavy (non-hydrogen) atoms. The second-order valence-corrected chi connectivity index (χ2v) is 9.57. The Hall–Kier alpha value is -2.79. The van der Waals surface area contributed by atoms with Crippen LogP contribution in [0.15, 0.2) is 83.2 Å². The van der Waals surface area contributed by atoms with Crippen molar-refractivity contribution in [2.24, 2.45) is 0 Å². The molecule has 1 aliphatic carbocycles. The number of dihydropyridines is 1. The number of benzene rings is 2. The minimum absolute atomic E-state index is 0.0980. The fraction of sp³-hybridized carbons (Fsp3) is 0.333. The molecule has 0 aromatic heterocycles. The summed E-state index contributed by atoms with van der Waals surface area (Å²) in [6.07, 6.45) is 1.20. The van der Waals surface area contributed by atoms with E-state index in [9.17, 15) is 9.59 Å². The number of ketones is 1. The standard InChI is InChI=1S/C27H29NO3S/c1-3-32-15-14-31-27(30)24-18(2)28-22-16-21(19-10-6-4-7-11-19)17-23(29)26(22)25(24)20-12-8-5-9-13-20/h4-13,21,25,28H,3,14-17H2,1-2H3/t21-,25+/m1/s1. The fourth-order valence-corrected chi connectivity index (χ4v) is 5.15. The molecule has 2 aliphatic rings. The Bertz CT molecular complexity index is 1040. The van der Waals surface area contributed by atoms with Gasteiger partial charge in [-0.05, 0) is 36.1 Å². The summed E-state index contributed by atoms with van der Waals surface area (Å²) < 4.78 is 5.62. The summed E-state index contributed by atoms with van der Waals surface area (Å²) in [7, 11) is 0. The van der Waals surface area contributed by atoms with Crippen molar-refractivity contribution in [2.75, 3.05) is 18.1 Å². The first kappa shape index (κ1) is 22.4. The Balaban J connectivity index is 1.69. The van der Waals surface area contributed by atoms with Crippen molar-refractivity contribution >= 4 is 23.5 Å². The van der Waals surface area contributed by atoms with E-state index in [1.54, 1.807) is 11.8 Å². The number of allylic oxidation sites excluding steroid dienone is 3. The van der Waals surface area contributed by atoms with Gasteiger partial charge in [0.2, 0.25) is 0 Å². The predicted molar refractivity (Wildman–Crippen MR) is 129 cm³/mol. The molecule has 5 heteroatoms. The second-order valence-electron chi connectivity index (χ2n) is 8.17. The average Bonchev–Trinajstić information content (AvgIpc) is 2.82. The highest BCUT2D eigenvalue weighted by molar-refractivity contribution is 7.99. The highest BCUT2D eigenvalue weighted by atomic mass is 32.2. The van der Waals surface area contributed by atoms with E-state index in [0.29, 0.717) is 24.2 Å². The topological polar surface area (TPSA) is 55.4 Å². The molecule has 0 saturated heterocycles. The third kappa shape index (κ3) is 4.68. The molecule has 0 radical (unpaired) electrons. The molecule has 1 aliphatic heterocycles. The van der Waals surface area contributed by atoms with Crippen LogP contribution in [0, 0.1) is 0 Å². The lowest BCUT2D eigenvalue weighted by Crippen LogP contribution is -2.36. The first-order chi connectivity index (χ1) is 15.6. The van der Waals surface area contributed by atoms with Crippen LogP contribution in [0.5, 0.6) is 0 Å². The molecule has 1 heterocycles. The predicted octanol–water partition coefficient (Wildman–Crippen LogP) is 5.34. The van der Waals surface area contributed by atoms with Crippen LogP contribution in [-0.4, -0.2) is 29.9 Å². The molecule has 4 nitrogen and oxygen atoms in total. The van der Waals surface area contributed by atoms with E-state index in [1.165, 1.54) is 5.56 Å². The lowest BCUT2D eigenvalue weighted by molar-refractivity contribution is -0.138. The molecule has 0 saturated carbocycles. The monoisotopic (exact) mass is 447 g/mol. The van der Waals surface area contributed by atoms with Gasteiger partial charge in [0.25, 0.3) is 0 Å². The quantitative estimate of drug-likeness (QED) is 0.458. The van der Waals surface area contributed by atoms with E-state index in [4.69, 9.17) is 4.74 Å². The maximum Gasteiger partial charge on any atom is 0.336 e. The van der Waals surface area contributed by atoms with Gasteiger partial charge < -0.3 is 10.1 Å². The third-order valence-electron chi connectivity index (χ3n) is 6.12. The highest BCUT2D eigenvalue weighted by Crippen LogP contribution is 2.45. The molecule has 0 amide bonds. The van der Waals surface area contributed by atoms with Gasteiger partial charge in [-0.15, -0.1) is 0 Å².